The first-order valence-corrected chi connectivity index (χ1v) is 11.9. The molecule has 0 unspecified atom stereocenters. The molecule has 0 saturated heterocycles. The van der Waals surface area contributed by atoms with Gasteiger partial charge in [-0.1, -0.05) is 25.6 Å². The Kier molecular flexibility index (Phi) is 6.79. The molecular formula is C26H29N3O10. The number of Topliss-reactive ketones (excluding diaryl/α,β-unsaturated/α-hetero) is 2. The number of nitrogens with one attached hydrogen (secondary N) is 1. The van der Waals surface area contributed by atoms with E-state index in [0.717, 1.165) is 0 Å². The van der Waals surface area contributed by atoms with Crippen molar-refractivity contribution in [1.29, 1.82) is 0 Å². The van der Waals surface area contributed by atoms with E-state index in [9.17, 15) is 44.7 Å². The summed E-state index contributed by atoms with van der Waals surface area (Å²) in [6, 6.07) is 1.36. The van der Waals surface area contributed by atoms with Crippen LogP contribution in [-0.4, -0.2) is 92.4 Å². The van der Waals surface area contributed by atoms with Crippen LogP contribution in [0.3, 0.4) is 0 Å². The zero-order chi connectivity index (χ0) is 29.1. The number of phenolic OH excluding ortho intramolecular Hbond substituents is 1. The van der Waals surface area contributed by atoms with E-state index in [2.05, 4.69) is 11.9 Å². The Morgan fingerprint density at radius 3 is 2.44 bits per heavy atom. The van der Waals surface area contributed by atoms with Crippen LogP contribution in [0.4, 0.5) is 10.5 Å². The summed E-state index contributed by atoms with van der Waals surface area (Å²) in [4.78, 5) is 52.5. The molecule has 1 fully saturated rings. The first-order valence-electron chi connectivity index (χ1n) is 11.9. The van der Waals surface area contributed by atoms with Crippen molar-refractivity contribution in [2.24, 2.45) is 17.6 Å². The third-order valence-corrected chi connectivity index (χ3v) is 7.70. The second kappa shape index (κ2) is 9.52. The lowest BCUT2D eigenvalue weighted by molar-refractivity contribution is -0.169. The van der Waals surface area contributed by atoms with Crippen LogP contribution in [0.2, 0.25) is 0 Å². The molecule has 13 heteroatoms. The number of nitrogens with zero attached hydrogens (tertiary/aromatic N) is 1. The van der Waals surface area contributed by atoms with E-state index in [4.69, 9.17) is 10.5 Å². The number of phenols is 1. The highest BCUT2D eigenvalue weighted by Gasteiger charge is 2.68. The van der Waals surface area contributed by atoms with Crippen molar-refractivity contribution in [2.75, 3.05) is 26.0 Å². The molecule has 0 radical (unpaired) electrons. The summed E-state index contributed by atoms with van der Waals surface area (Å²) in [5.74, 6) is -10.0. The maximum atomic E-state index is 13.9. The zero-order valence-electron chi connectivity index (χ0n) is 21.3. The van der Waals surface area contributed by atoms with Crippen molar-refractivity contribution in [2.45, 2.75) is 30.6 Å². The van der Waals surface area contributed by atoms with Gasteiger partial charge >= 0.3 is 6.09 Å². The summed E-state index contributed by atoms with van der Waals surface area (Å²) >= 11 is 0. The fraction of sp³-hybridized carbons (Fsp3) is 0.385. The summed E-state index contributed by atoms with van der Waals surface area (Å²) in [6.07, 6.45) is -1.30. The van der Waals surface area contributed by atoms with Crippen LogP contribution in [0.25, 0.3) is 5.76 Å². The van der Waals surface area contributed by atoms with Gasteiger partial charge in [-0.3, -0.25) is 24.6 Å². The largest absolute Gasteiger partial charge is 0.508 e. The van der Waals surface area contributed by atoms with Crippen LogP contribution in [0.15, 0.2) is 41.7 Å². The lowest BCUT2D eigenvalue weighted by atomic mass is 9.54. The number of benzene rings is 1. The number of rotatable bonds is 5. The molecule has 2 amide bonds. The van der Waals surface area contributed by atoms with E-state index in [1.54, 1.807) is 6.92 Å². The Hall–Kier alpha value is -4.20. The number of ether oxygens (including phenoxy) is 1. The minimum Gasteiger partial charge on any atom is -0.508 e. The van der Waals surface area contributed by atoms with Crippen molar-refractivity contribution in [3.05, 3.63) is 52.8 Å². The maximum absolute atomic E-state index is 13.9. The van der Waals surface area contributed by atoms with Gasteiger partial charge in [-0.05, 0) is 31.6 Å². The molecule has 6 atom stereocenters. The van der Waals surface area contributed by atoms with Crippen LogP contribution in [-0.2, 0) is 19.1 Å². The van der Waals surface area contributed by atoms with Gasteiger partial charge in [0, 0.05) is 11.5 Å². The topological polar surface area (TPSA) is 220 Å². The Balaban J connectivity index is 1.94. The van der Waals surface area contributed by atoms with E-state index < -0.39 is 87.5 Å². The summed E-state index contributed by atoms with van der Waals surface area (Å²) in [5.41, 5.74) is 0.618. The first-order chi connectivity index (χ1) is 18.2. The van der Waals surface area contributed by atoms with Gasteiger partial charge in [0.1, 0.15) is 29.4 Å². The number of aliphatic hydroxyl groups excluding tert-OH is 3. The number of amides is 2. The van der Waals surface area contributed by atoms with Crippen LogP contribution in [0.1, 0.15) is 24.0 Å². The second-order valence-electron chi connectivity index (χ2n) is 9.99. The number of hydrogen-bond acceptors (Lipinski definition) is 11. The van der Waals surface area contributed by atoms with E-state index >= 15 is 0 Å². The molecular weight excluding hydrogens is 514 g/mol. The fourth-order valence-corrected chi connectivity index (χ4v) is 6.00. The molecule has 3 aliphatic carbocycles. The number of fused-ring (bicyclic) bond motifs is 3. The Bertz CT molecular complexity index is 1380. The smallest absolute Gasteiger partial charge is 0.412 e. The number of ketones is 2. The van der Waals surface area contributed by atoms with E-state index in [0.29, 0.717) is 5.56 Å². The molecule has 208 valence electrons. The summed E-state index contributed by atoms with van der Waals surface area (Å²) in [5, 5.41) is 58.7. The minimum atomic E-state index is -3.01. The highest BCUT2D eigenvalue weighted by atomic mass is 16.5. The van der Waals surface area contributed by atoms with Crippen molar-refractivity contribution in [3.8, 4) is 5.75 Å². The average Bonchev–Trinajstić information content (AvgIpc) is 2.85. The van der Waals surface area contributed by atoms with Gasteiger partial charge in [0.05, 0.1) is 29.3 Å². The third kappa shape index (κ3) is 3.80. The number of nitrogens with two attached hydrogens (primary N) is 1. The monoisotopic (exact) mass is 543 g/mol. The predicted molar refractivity (Wildman–Crippen MR) is 136 cm³/mol. The minimum absolute atomic E-state index is 0.113. The van der Waals surface area contributed by atoms with Crippen LogP contribution < -0.4 is 11.1 Å². The molecule has 1 saturated carbocycles. The van der Waals surface area contributed by atoms with E-state index in [-0.39, 0.29) is 17.9 Å². The molecule has 0 aliphatic heterocycles. The molecule has 1 aromatic carbocycles. The van der Waals surface area contributed by atoms with Gasteiger partial charge in [0.25, 0.3) is 5.91 Å². The summed E-state index contributed by atoms with van der Waals surface area (Å²) in [6.45, 7) is 4.91. The van der Waals surface area contributed by atoms with Crippen molar-refractivity contribution >= 4 is 35.0 Å². The molecule has 39 heavy (non-hydrogen) atoms. The number of aliphatic hydroxyl groups is 4. The number of aromatic hydroxyl groups is 1. The number of primary amides is 1. The predicted octanol–water partition coefficient (Wildman–Crippen LogP) is 0.230. The average molecular weight is 544 g/mol. The summed E-state index contributed by atoms with van der Waals surface area (Å²) in [7, 11) is 2.85. The quantitative estimate of drug-likeness (QED) is 0.151. The van der Waals surface area contributed by atoms with Gasteiger partial charge < -0.3 is 36.0 Å². The van der Waals surface area contributed by atoms with E-state index in [1.807, 2.05) is 0 Å². The van der Waals surface area contributed by atoms with Gasteiger partial charge in [0.15, 0.2) is 11.4 Å². The van der Waals surface area contributed by atoms with Gasteiger partial charge in [-0.15, -0.1) is 0 Å². The van der Waals surface area contributed by atoms with Crippen LogP contribution in [0, 0.1) is 11.8 Å². The SMILES string of the molecule is C=CCOC(=O)Nc1ccc2c(c1O)C(O)=C1C(=O)[C@@]3(O)C(O)=C(C(N)=O)C(=O)[C@H](N(C)C)[C@H]3[C@H](O)[C@H]1[C@@H]2C. The molecule has 8 N–H and O–H groups in total. The highest BCUT2D eigenvalue weighted by molar-refractivity contribution is 6.24. The van der Waals surface area contributed by atoms with Crippen molar-refractivity contribution in [3.63, 3.8) is 0 Å². The number of anilines is 1. The molecule has 1 aromatic rings. The molecule has 0 heterocycles. The number of carbonyl (C=O) groups is 4. The Morgan fingerprint density at radius 1 is 1.23 bits per heavy atom. The maximum Gasteiger partial charge on any atom is 0.412 e. The molecule has 0 bridgehead atoms. The number of likely N-dealkylation sites (N-methyl/N-ethyl adjacent to an activating group) is 1. The lowest BCUT2D eigenvalue weighted by Gasteiger charge is -2.53. The number of hydrogen-bond donors (Lipinski definition) is 7. The highest BCUT2D eigenvalue weighted by Crippen LogP contribution is 2.56. The normalized spacial score (nSPS) is 29.9. The van der Waals surface area contributed by atoms with Crippen molar-refractivity contribution < 1.29 is 49.4 Å². The molecule has 0 spiro atoms. The fourth-order valence-electron chi connectivity index (χ4n) is 6.00. The van der Waals surface area contributed by atoms with Crippen LogP contribution >= 0.6 is 0 Å². The zero-order valence-corrected chi connectivity index (χ0v) is 21.3. The Morgan fingerprint density at radius 2 is 1.87 bits per heavy atom. The lowest BCUT2D eigenvalue weighted by Crippen LogP contribution is -2.70. The second-order valence-corrected chi connectivity index (χ2v) is 9.99. The molecule has 4 rings (SSSR count). The first kappa shape index (κ1) is 27.8. The standard InChI is InChI=1S/C26H29N3O10/c1-5-8-39-25(37)28-11-7-6-10-9(2)12-14(19(31)13(10)18(11)30)22(34)26(38)16(20(12)32)17(29(3)4)21(33)15(23(26)35)24(27)36/h5-7,9,12,16-17,20,30-32,35,38H,1,8H2,2-4H3,(H2,27,36)(H,28,37)/t9-,12+,16+,17-,20-,26-/m1/s1. The van der Waals surface area contributed by atoms with E-state index in [1.165, 1.54) is 37.2 Å². The van der Waals surface area contributed by atoms with Gasteiger partial charge in [-0.25, -0.2) is 4.79 Å². The number of carbonyl (C=O) groups excluding carboxylic acids is 4. The van der Waals surface area contributed by atoms with Gasteiger partial charge in [-0.2, -0.15) is 0 Å². The van der Waals surface area contributed by atoms with Crippen LogP contribution in [0.5, 0.6) is 5.75 Å². The van der Waals surface area contributed by atoms with Gasteiger partial charge in [0.2, 0.25) is 5.78 Å². The third-order valence-electron chi connectivity index (χ3n) is 7.70. The molecule has 3 aliphatic rings. The molecule has 13 nitrogen and oxygen atoms in total. The van der Waals surface area contributed by atoms with Crippen molar-refractivity contribution in [1.82, 2.24) is 4.90 Å². The molecule has 0 aromatic heterocycles. The Labute approximate surface area is 222 Å². The summed E-state index contributed by atoms with van der Waals surface area (Å²) < 4.78 is 4.83.